The predicted molar refractivity (Wildman–Crippen MR) is 270 cm³/mol. The first-order valence-corrected chi connectivity index (χ1v) is 22.5. The number of hydrogen-bond donors (Lipinski definition) is 0. The minimum Gasteiger partial charge on any atom is -0.252 e. The van der Waals surface area contributed by atoms with Crippen molar-refractivity contribution in [3.05, 3.63) is 250 Å². The molecule has 0 spiro atoms. The molecule has 0 bridgehead atoms. The molecule has 0 aliphatic heterocycles. The fourth-order valence-corrected chi connectivity index (χ4v) is 9.38. The zero-order chi connectivity index (χ0) is 44.2. The number of nitrogens with zero attached hydrogens (tertiary/aromatic N) is 4. The van der Waals surface area contributed by atoms with Crippen LogP contribution in [0.15, 0.2) is 204 Å². The maximum Gasteiger partial charge on any atom is 0.103 e. The van der Waals surface area contributed by atoms with E-state index in [1.54, 1.807) is 0 Å². The molecule has 0 unspecified atom stereocenters. The van der Waals surface area contributed by atoms with Gasteiger partial charge in [-0.05, 0) is 58.4 Å². The van der Waals surface area contributed by atoms with Crippen LogP contribution in [0.25, 0.3) is 21.8 Å². The summed E-state index contributed by atoms with van der Waals surface area (Å²) in [7, 11) is 0. The lowest BCUT2D eigenvalue weighted by molar-refractivity contribution is 0.887. The summed E-state index contributed by atoms with van der Waals surface area (Å²) < 4.78 is 0. The molecule has 1 heterocycles. The molecule has 0 radical (unpaired) electrons. The first-order chi connectivity index (χ1) is 31.3. The Labute approximate surface area is 378 Å². The van der Waals surface area contributed by atoms with Gasteiger partial charge in [0, 0.05) is 57.0 Å². The zero-order valence-electron chi connectivity index (χ0n) is 37.6. The van der Waals surface area contributed by atoms with Gasteiger partial charge in [0.05, 0.1) is 11.4 Å². The monoisotopic (exact) mass is 830 g/mol. The van der Waals surface area contributed by atoms with Gasteiger partial charge in [-0.2, -0.15) is 0 Å². The maximum atomic E-state index is 5.56. The Hall–Kier alpha value is -7.30. The van der Waals surface area contributed by atoms with Crippen molar-refractivity contribution in [1.29, 1.82) is 0 Å². The molecule has 1 aromatic heterocycles. The van der Waals surface area contributed by atoms with E-state index in [0.29, 0.717) is 0 Å². The van der Waals surface area contributed by atoms with Crippen LogP contribution < -0.4 is 0 Å². The number of para-hydroxylation sites is 2. The third-order valence-electron chi connectivity index (χ3n) is 13.2. The van der Waals surface area contributed by atoms with E-state index >= 15 is 0 Å². The van der Waals surface area contributed by atoms with Crippen LogP contribution in [-0.4, -0.2) is 21.6 Å². The summed E-state index contributed by atoms with van der Waals surface area (Å²) in [6.07, 6.45) is 0. The fourth-order valence-electron chi connectivity index (χ4n) is 9.38. The zero-order valence-corrected chi connectivity index (χ0v) is 37.6. The smallest absolute Gasteiger partial charge is 0.103 e. The van der Waals surface area contributed by atoms with Gasteiger partial charge in [0.25, 0.3) is 0 Å². The highest BCUT2D eigenvalue weighted by Gasteiger charge is 2.23. The minimum atomic E-state index is 0.140. The van der Waals surface area contributed by atoms with E-state index in [0.717, 1.165) is 55.7 Å². The molecule has 0 amide bonds. The van der Waals surface area contributed by atoms with Crippen molar-refractivity contribution in [3.8, 4) is 0 Å². The molecule has 0 saturated heterocycles. The van der Waals surface area contributed by atoms with E-state index in [-0.39, 0.29) is 23.7 Å². The SMILES string of the molecule is C/C(=N\c1c([C@@H](C)c2ccccc2)cccc1[C@@H](C)c1ccccc1)c1cccc2c1nnc1c(/C(C)=N/c3c([C@@H](C)c4ccccc4)cccc3[C@@H](C)c3ccccc3)cccc12. The molecule has 4 nitrogen and oxygen atoms in total. The minimum absolute atomic E-state index is 0.140. The van der Waals surface area contributed by atoms with Crippen LogP contribution in [0.5, 0.6) is 0 Å². The lowest BCUT2D eigenvalue weighted by Crippen LogP contribution is -2.06. The molecule has 8 aromatic carbocycles. The Morgan fingerprint density at radius 2 is 0.594 bits per heavy atom. The highest BCUT2D eigenvalue weighted by atomic mass is 15.1. The maximum absolute atomic E-state index is 5.56. The largest absolute Gasteiger partial charge is 0.252 e. The van der Waals surface area contributed by atoms with Gasteiger partial charge in [0.2, 0.25) is 0 Å². The van der Waals surface area contributed by atoms with Crippen molar-refractivity contribution in [3.63, 3.8) is 0 Å². The number of hydrogen-bond acceptors (Lipinski definition) is 4. The van der Waals surface area contributed by atoms with Gasteiger partial charge in [-0.15, -0.1) is 10.2 Å². The van der Waals surface area contributed by atoms with E-state index in [9.17, 15) is 0 Å². The van der Waals surface area contributed by atoms with E-state index in [2.05, 4.69) is 236 Å². The molecule has 314 valence electrons. The summed E-state index contributed by atoms with van der Waals surface area (Å²) in [4.78, 5) is 11.1. The van der Waals surface area contributed by atoms with Crippen LogP contribution >= 0.6 is 0 Å². The highest BCUT2D eigenvalue weighted by molar-refractivity contribution is 6.18. The van der Waals surface area contributed by atoms with Crippen molar-refractivity contribution in [2.24, 2.45) is 9.98 Å². The normalized spacial score (nSPS) is 14.0. The first kappa shape index (κ1) is 42.0. The molecule has 0 saturated carbocycles. The number of aliphatic imine (C=N–C) groups is 2. The quantitative estimate of drug-likeness (QED) is 0.0910. The van der Waals surface area contributed by atoms with Crippen LogP contribution in [0.4, 0.5) is 11.4 Å². The van der Waals surface area contributed by atoms with Gasteiger partial charge >= 0.3 is 0 Å². The van der Waals surface area contributed by atoms with Gasteiger partial charge in [0.1, 0.15) is 11.0 Å². The molecular formula is C60H54N4. The van der Waals surface area contributed by atoms with Gasteiger partial charge in [0.15, 0.2) is 0 Å². The summed E-state index contributed by atoms with van der Waals surface area (Å²) in [5.74, 6) is 0.561. The predicted octanol–water partition coefficient (Wildman–Crippen LogP) is 15.7. The fraction of sp³-hybridized carbons (Fsp3) is 0.167. The lowest BCUT2D eigenvalue weighted by atomic mass is 9.85. The van der Waals surface area contributed by atoms with Crippen LogP contribution in [0.2, 0.25) is 0 Å². The standard InChI is InChI=1S/C60H54N4/c1-39(45-23-11-7-12-24-45)49-31-19-32-50(40(2)46-25-13-8-14-26-46)57(49)61-43(5)53-35-21-37-55-56-38-22-36-54(60(56)64-63-59(53)55)44(6)62-58-51(41(3)47-27-15-9-16-28-47)33-20-34-52(58)42(4)48-29-17-10-18-30-48/h7-42H,1-6H3/b61-43+,62-44+/t39-,40-,41-,42-/m0/s1. The number of benzene rings is 8. The molecule has 9 aromatic rings. The second kappa shape index (κ2) is 18.6. The Bertz CT molecular complexity index is 2780. The Balaban J connectivity index is 1.16. The Morgan fingerprint density at radius 3 is 0.875 bits per heavy atom. The summed E-state index contributed by atoms with van der Waals surface area (Å²) in [5.41, 5.74) is 17.2. The molecule has 0 aliphatic carbocycles. The molecule has 64 heavy (non-hydrogen) atoms. The Kier molecular flexibility index (Phi) is 12.2. The average Bonchev–Trinajstić information content (AvgIpc) is 3.36. The average molecular weight is 831 g/mol. The second-order valence-corrected chi connectivity index (χ2v) is 17.1. The Morgan fingerprint density at radius 1 is 0.328 bits per heavy atom. The molecule has 0 aliphatic rings. The van der Waals surface area contributed by atoms with Crippen LogP contribution in [-0.2, 0) is 0 Å². The summed E-state index contributed by atoms with van der Waals surface area (Å²) >= 11 is 0. The summed E-state index contributed by atoms with van der Waals surface area (Å²) in [6, 6.07) is 69.0. The third-order valence-corrected chi connectivity index (χ3v) is 13.2. The van der Waals surface area contributed by atoms with Gasteiger partial charge < -0.3 is 0 Å². The lowest BCUT2D eigenvalue weighted by Gasteiger charge is -2.22. The van der Waals surface area contributed by atoms with Crippen molar-refractivity contribution in [1.82, 2.24) is 10.2 Å². The second-order valence-electron chi connectivity index (χ2n) is 17.1. The number of fused-ring (bicyclic) bond motifs is 3. The van der Waals surface area contributed by atoms with Gasteiger partial charge in [-0.25, -0.2) is 0 Å². The van der Waals surface area contributed by atoms with Crippen molar-refractivity contribution < 1.29 is 0 Å². The number of rotatable bonds is 12. The third kappa shape index (κ3) is 8.32. The van der Waals surface area contributed by atoms with Crippen LogP contribution in [0.3, 0.4) is 0 Å². The van der Waals surface area contributed by atoms with Gasteiger partial charge in [-0.3, -0.25) is 9.98 Å². The van der Waals surface area contributed by atoms with Crippen molar-refractivity contribution in [2.75, 3.05) is 0 Å². The molecular weight excluding hydrogens is 777 g/mol. The van der Waals surface area contributed by atoms with E-state index in [4.69, 9.17) is 20.2 Å². The van der Waals surface area contributed by atoms with E-state index in [1.165, 1.54) is 44.5 Å². The van der Waals surface area contributed by atoms with Crippen LogP contribution in [0, 0.1) is 0 Å². The molecule has 0 N–H and O–H groups in total. The van der Waals surface area contributed by atoms with Crippen molar-refractivity contribution in [2.45, 2.75) is 65.2 Å². The summed E-state index contributed by atoms with van der Waals surface area (Å²) in [5, 5.41) is 12.1. The van der Waals surface area contributed by atoms with E-state index in [1.807, 2.05) is 0 Å². The summed E-state index contributed by atoms with van der Waals surface area (Å²) in [6.45, 7) is 13.3. The number of aromatic nitrogens is 2. The highest BCUT2D eigenvalue weighted by Crippen LogP contribution is 2.42. The molecule has 9 rings (SSSR count). The molecule has 0 fully saturated rings. The van der Waals surface area contributed by atoms with E-state index < -0.39 is 0 Å². The van der Waals surface area contributed by atoms with Crippen molar-refractivity contribution >= 4 is 44.6 Å². The molecule has 4 heteroatoms. The first-order valence-electron chi connectivity index (χ1n) is 22.5. The van der Waals surface area contributed by atoms with Crippen LogP contribution in [0.1, 0.15) is 121 Å². The van der Waals surface area contributed by atoms with Gasteiger partial charge in [-0.1, -0.05) is 222 Å². The molecule has 4 atom stereocenters. The topological polar surface area (TPSA) is 50.5 Å².